The lowest BCUT2D eigenvalue weighted by Gasteiger charge is -2.10. The standard InChI is InChI=1S/C26H25F3N4O/c1-3-5-7-18(6-4-2)8-9-21-16-22(25-30-32-33-31-25)13-11-19(21)10-12-20-14-15-23(34)17-24(20)26(27,28)29/h3-7,11,13-17,32-34H,8-9H2,1-2H3,(H,30,31)/b5-3-,6-4-,18-7+. The third-order valence-corrected chi connectivity index (χ3v) is 4.99. The maximum absolute atomic E-state index is 13.4. The fourth-order valence-corrected chi connectivity index (χ4v) is 3.35. The molecule has 8 heteroatoms. The van der Waals surface area contributed by atoms with Gasteiger partial charge in [0, 0.05) is 16.7 Å². The van der Waals surface area contributed by atoms with Crippen molar-refractivity contribution in [3.63, 3.8) is 0 Å². The lowest BCUT2D eigenvalue weighted by Crippen LogP contribution is -2.35. The van der Waals surface area contributed by atoms with E-state index in [1.54, 1.807) is 12.1 Å². The summed E-state index contributed by atoms with van der Waals surface area (Å²) in [6, 6.07) is 8.57. The number of halogens is 3. The highest BCUT2D eigenvalue weighted by Gasteiger charge is 2.33. The average Bonchev–Trinajstić information content (AvgIpc) is 3.35. The van der Waals surface area contributed by atoms with Crippen molar-refractivity contribution < 1.29 is 18.3 Å². The highest BCUT2D eigenvalue weighted by molar-refractivity contribution is 5.99. The number of hydrogen-bond donors (Lipinski definition) is 4. The maximum Gasteiger partial charge on any atom is 0.417 e. The Kier molecular flexibility index (Phi) is 8.17. The molecule has 1 heterocycles. The summed E-state index contributed by atoms with van der Waals surface area (Å²) in [5, 5.41) is 13.6. The third kappa shape index (κ3) is 6.53. The number of phenolic OH excluding ortho intramolecular Hbond substituents is 1. The van der Waals surface area contributed by atoms with Gasteiger partial charge in [-0.15, -0.1) is 10.6 Å². The van der Waals surface area contributed by atoms with Gasteiger partial charge in [0.05, 0.1) is 5.56 Å². The second kappa shape index (κ2) is 11.3. The average molecular weight is 467 g/mol. The number of nitrogens with zero attached hydrogens (tertiary/aromatic N) is 1. The number of alkyl halides is 3. The maximum atomic E-state index is 13.4. The van der Waals surface area contributed by atoms with Crippen LogP contribution in [-0.2, 0) is 12.6 Å². The van der Waals surface area contributed by atoms with Gasteiger partial charge < -0.3 is 5.11 Å². The number of aryl methyl sites for hydroxylation is 1. The molecule has 0 aromatic heterocycles. The van der Waals surface area contributed by atoms with Gasteiger partial charge in [0.15, 0.2) is 5.84 Å². The minimum Gasteiger partial charge on any atom is -0.508 e. The molecule has 0 aliphatic carbocycles. The number of rotatable bonds is 6. The van der Waals surface area contributed by atoms with Crippen molar-refractivity contribution in [3.8, 4) is 17.6 Å². The molecule has 3 rings (SSSR count). The molecule has 2 aromatic rings. The van der Waals surface area contributed by atoms with E-state index in [2.05, 4.69) is 33.4 Å². The molecule has 0 unspecified atom stereocenters. The number of benzene rings is 2. The summed E-state index contributed by atoms with van der Waals surface area (Å²) in [6.45, 7) is 3.89. The fraction of sp³-hybridized carbons (Fsp3) is 0.192. The second-order valence-corrected chi connectivity index (χ2v) is 7.44. The van der Waals surface area contributed by atoms with Crippen molar-refractivity contribution in [1.82, 2.24) is 16.5 Å². The molecule has 0 amide bonds. The number of phenols is 1. The van der Waals surface area contributed by atoms with Gasteiger partial charge in [-0.1, -0.05) is 42.2 Å². The molecule has 4 N–H and O–H groups in total. The molecule has 0 atom stereocenters. The van der Waals surface area contributed by atoms with E-state index in [4.69, 9.17) is 0 Å². The van der Waals surface area contributed by atoms with Crippen molar-refractivity contribution in [1.29, 1.82) is 0 Å². The Bertz CT molecular complexity index is 1210. The molecule has 1 aliphatic rings. The van der Waals surface area contributed by atoms with Crippen LogP contribution in [0.3, 0.4) is 0 Å². The first-order valence-electron chi connectivity index (χ1n) is 10.7. The topological polar surface area (TPSA) is 68.7 Å². The highest BCUT2D eigenvalue weighted by Crippen LogP contribution is 2.34. The van der Waals surface area contributed by atoms with Gasteiger partial charge in [0.1, 0.15) is 5.75 Å². The van der Waals surface area contributed by atoms with Crippen molar-refractivity contribution >= 4 is 5.84 Å². The number of amidine groups is 1. The van der Waals surface area contributed by atoms with Crippen molar-refractivity contribution in [3.05, 3.63) is 100 Å². The van der Waals surface area contributed by atoms with E-state index in [-0.39, 0.29) is 5.56 Å². The molecule has 0 saturated heterocycles. The molecule has 2 aromatic carbocycles. The van der Waals surface area contributed by atoms with Gasteiger partial charge in [0.2, 0.25) is 0 Å². The summed E-state index contributed by atoms with van der Waals surface area (Å²) < 4.78 is 40.2. The summed E-state index contributed by atoms with van der Waals surface area (Å²) in [5.41, 5.74) is 10.4. The Morgan fingerprint density at radius 2 is 1.82 bits per heavy atom. The summed E-state index contributed by atoms with van der Waals surface area (Å²) in [5.74, 6) is 5.69. The van der Waals surface area contributed by atoms with Gasteiger partial charge in [-0.05, 0) is 74.2 Å². The second-order valence-electron chi connectivity index (χ2n) is 7.44. The molecular formula is C26H25F3N4O. The van der Waals surface area contributed by atoms with Gasteiger partial charge in [-0.25, -0.2) is 5.53 Å². The van der Waals surface area contributed by atoms with Crippen LogP contribution in [-0.4, -0.2) is 10.9 Å². The quantitative estimate of drug-likeness (QED) is 0.353. The van der Waals surface area contributed by atoms with E-state index >= 15 is 0 Å². The Labute approximate surface area is 196 Å². The van der Waals surface area contributed by atoms with Gasteiger partial charge >= 0.3 is 6.18 Å². The van der Waals surface area contributed by atoms with Crippen LogP contribution in [0.1, 0.15) is 48.1 Å². The van der Waals surface area contributed by atoms with Crippen LogP contribution in [0.4, 0.5) is 13.2 Å². The van der Waals surface area contributed by atoms with Crippen molar-refractivity contribution in [2.75, 3.05) is 0 Å². The van der Waals surface area contributed by atoms with E-state index in [0.717, 1.165) is 23.1 Å². The zero-order valence-electron chi connectivity index (χ0n) is 18.8. The fourth-order valence-electron chi connectivity index (χ4n) is 3.35. The van der Waals surface area contributed by atoms with Crippen LogP contribution in [0.15, 0.2) is 77.5 Å². The highest BCUT2D eigenvalue weighted by atomic mass is 19.4. The zero-order valence-corrected chi connectivity index (χ0v) is 18.8. The Hall–Kier alpha value is -3.96. The molecule has 0 spiro atoms. The number of aromatic hydroxyl groups is 1. The number of hydrogen-bond acceptors (Lipinski definition) is 5. The minimum atomic E-state index is -4.62. The largest absolute Gasteiger partial charge is 0.508 e. The number of hydrazine groups is 2. The predicted octanol–water partition coefficient (Wildman–Crippen LogP) is 5.10. The molecular weight excluding hydrogens is 441 g/mol. The summed E-state index contributed by atoms with van der Waals surface area (Å²) >= 11 is 0. The van der Waals surface area contributed by atoms with Crippen LogP contribution < -0.4 is 16.5 Å². The molecule has 34 heavy (non-hydrogen) atoms. The van der Waals surface area contributed by atoms with Crippen LogP contribution in [0.2, 0.25) is 0 Å². The summed E-state index contributed by atoms with van der Waals surface area (Å²) in [6.07, 6.45) is 6.64. The number of hydrazone groups is 1. The van der Waals surface area contributed by atoms with Gasteiger partial charge in [0.25, 0.3) is 0 Å². The zero-order chi connectivity index (χ0) is 24.6. The molecule has 0 fully saturated rings. The molecule has 5 nitrogen and oxygen atoms in total. The smallest absolute Gasteiger partial charge is 0.417 e. The Balaban J connectivity index is 2.00. The van der Waals surface area contributed by atoms with Crippen LogP contribution >= 0.6 is 0 Å². The van der Waals surface area contributed by atoms with Gasteiger partial charge in [-0.3, -0.25) is 5.43 Å². The molecule has 176 valence electrons. The van der Waals surface area contributed by atoms with E-state index in [1.165, 1.54) is 12.1 Å². The van der Waals surface area contributed by atoms with Crippen molar-refractivity contribution in [2.45, 2.75) is 32.9 Å². The van der Waals surface area contributed by atoms with E-state index < -0.39 is 17.5 Å². The first kappa shape index (κ1) is 24.7. The molecule has 0 saturated carbocycles. The lowest BCUT2D eigenvalue weighted by molar-refractivity contribution is -0.137. The van der Waals surface area contributed by atoms with E-state index in [0.29, 0.717) is 23.9 Å². The first-order valence-corrected chi connectivity index (χ1v) is 10.7. The van der Waals surface area contributed by atoms with Crippen molar-refractivity contribution in [2.24, 2.45) is 5.10 Å². The van der Waals surface area contributed by atoms with Crippen LogP contribution in [0.25, 0.3) is 0 Å². The van der Waals surface area contributed by atoms with E-state index in [1.807, 2.05) is 50.3 Å². The Morgan fingerprint density at radius 3 is 2.50 bits per heavy atom. The van der Waals surface area contributed by atoms with Gasteiger partial charge in [-0.2, -0.15) is 13.2 Å². The monoisotopic (exact) mass is 466 g/mol. The molecule has 1 aliphatic heterocycles. The summed E-state index contributed by atoms with van der Waals surface area (Å²) in [7, 11) is 0. The molecule has 0 bridgehead atoms. The summed E-state index contributed by atoms with van der Waals surface area (Å²) in [4.78, 5) is 0. The normalized spacial score (nSPS) is 14.0. The third-order valence-electron chi connectivity index (χ3n) is 4.99. The minimum absolute atomic E-state index is 0.196. The lowest BCUT2D eigenvalue weighted by atomic mass is 9.96. The van der Waals surface area contributed by atoms with E-state index in [9.17, 15) is 18.3 Å². The first-order chi connectivity index (χ1) is 16.3. The SMILES string of the molecule is C\C=C/C=C(\C=C/C)CCc1cc(C2=NNNN2)ccc1C#Cc1ccc(O)cc1C(F)(F)F. The van der Waals surface area contributed by atoms with Crippen LogP contribution in [0, 0.1) is 11.8 Å². The number of nitrogens with one attached hydrogen (secondary N) is 3. The van der Waals surface area contributed by atoms with Crippen LogP contribution in [0.5, 0.6) is 5.75 Å². The molecule has 0 radical (unpaired) electrons. The predicted molar refractivity (Wildman–Crippen MR) is 128 cm³/mol. The Morgan fingerprint density at radius 1 is 1.06 bits per heavy atom. The number of allylic oxidation sites excluding steroid dienone is 6.